The summed E-state index contributed by atoms with van der Waals surface area (Å²) in [6, 6.07) is 12.7. The van der Waals surface area contributed by atoms with E-state index < -0.39 is 0 Å². The molecule has 0 spiro atoms. The zero-order valence-corrected chi connectivity index (χ0v) is 16.3. The van der Waals surface area contributed by atoms with E-state index in [2.05, 4.69) is 24.1 Å². The quantitative estimate of drug-likeness (QED) is 0.627. The lowest BCUT2D eigenvalue weighted by Crippen LogP contribution is -2.28. The van der Waals surface area contributed by atoms with Crippen molar-refractivity contribution in [1.29, 1.82) is 0 Å². The van der Waals surface area contributed by atoms with Crippen molar-refractivity contribution in [3.05, 3.63) is 48.0 Å². The summed E-state index contributed by atoms with van der Waals surface area (Å²) in [6.07, 6.45) is 0.282. The highest BCUT2D eigenvalue weighted by molar-refractivity contribution is 5.92. The van der Waals surface area contributed by atoms with E-state index in [0.29, 0.717) is 29.5 Å². The molecule has 2 rings (SSSR count). The SMILES string of the molecule is CCN(CC)CCOc1cc(NC(=O)Cc2ccc(N)cc2)ccc1OC. The Morgan fingerprint density at radius 2 is 1.78 bits per heavy atom. The first kappa shape index (κ1) is 20.6. The zero-order valence-electron chi connectivity index (χ0n) is 16.3. The maximum absolute atomic E-state index is 12.3. The van der Waals surface area contributed by atoms with Crippen LogP contribution in [0.1, 0.15) is 19.4 Å². The molecule has 6 nitrogen and oxygen atoms in total. The van der Waals surface area contributed by atoms with Gasteiger partial charge in [0.05, 0.1) is 13.5 Å². The lowest BCUT2D eigenvalue weighted by molar-refractivity contribution is -0.115. The van der Waals surface area contributed by atoms with Crippen LogP contribution in [0.25, 0.3) is 0 Å². The van der Waals surface area contributed by atoms with Crippen molar-refractivity contribution in [3.63, 3.8) is 0 Å². The van der Waals surface area contributed by atoms with Gasteiger partial charge in [-0.2, -0.15) is 0 Å². The lowest BCUT2D eigenvalue weighted by Gasteiger charge is -2.19. The van der Waals surface area contributed by atoms with E-state index in [9.17, 15) is 4.79 Å². The van der Waals surface area contributed by atoms with Gasteiger partial charge in [0.1, 0.15) is 6.61 Å². The number of anilines is 2. The van der Waals surface area contributed by atoms with Gasteiger partial charge < -0.3 is 25.4 Å². The summed E-state index contributed by atoms with van der Waals surface area (Å²) in [5.41, 5.74) is 7.94. The molecule has 2 aromatic carbocycles. The molecule has 0 unspecified atom stereocenters. The molecular formula is C21H29N3O3. The third-order valence-corrected chi connectivity index (χ3v) is 4.35. The first-order valence-electron chi connectivity index (χ1n) is 9.23. The summed E-state index contributed by atoms with van der Waals surface area (Å²) in [5, 5.41) is 2.90. The Bertz CT molecular complexity index is 728. The van der Waals surface area contributed by atoms with E-state index in [1.54, 1.807) is 37.4 Å². The topological polar surface area (TPSA) is 76.8 Å². The maximum atomic E-state index is 12.3. The number of ether oxygens (including phenoxy) is 2. The Morgan fingerprint density at radius 3 is 2.41 bits per heavy atom. The van der Waals surface area contributed by atoms with Crippen molar-refractivity contribution in [3.8, 4) is 11.5 Å². The van der Waals surface area contributed by atoms with Crippen LogP contribution in [0.15, 0.2) is 42.5 Å². The number of nitrogen functional groups attached to an aromatic ring is 1. The van der Waals surface area contributed by atoms with Gasteiger partial charge in [0.15, 0.2) is 11.5 Å². The van der Waals surface area contributed by atoms with Crippen molar-refractivity contribution in [2.45, 2.75) is 20.3 Å². The van der Waals surface area contributed by atoms with Gasteiger partial charge in [-0.25, -0.2) is 0 Å². The molecule has 0 atom stereocenters. The summed E-state index contributed by atoms with van der Waals surface area (Å²) in [6.45, 7) is 7.61. The molecule has 0 aliphatic rings. The number of nitrogens with one attached hydrogen (secondary N) is 1. The number of nitrogens with two attached hydrogens (primary N) is 1. The number of benzene rings is 2. The van der Waals surface area contributed by atoms with Gasteiger partial charge in [0, 0.05) is 24.0 Å². The molecular weight excluding hydrogens is 342 g/mol. The van der Waals surface area contributed by atoms with Crippen LogP contribution in [0.2, 0.25) is 0 Å². The van der Waals surface area contributed by atoms with E-state index >= 15 is 0 Å². The Kier molecular flexibility index (Phi) is 7.95. The fourth-order valence-electron chi connectivity index (χ4n) is 2.72. The minimum atomic E-state index is -0.0981. The minimum Gasteiger partial charge on any atom is -0.493 e. The molecule has 0 bridgehead atoms. The van der Waals surface area contributed by atoms with Crippen molar-refractivity contribution in [1.82, 2.24) is 4.90 Å². The second-order valence-corrected chi connectivity index (χ2v) is 6.21. The van der Waals surface area contributed by atoms with Gasteiger partial charge in [-0.1, -0.05) is 26.0 Å². The van der Waals surface area contributed by atoms with Crippen molar-refractivity contribution >= 4 is 17.3 Å². The third-order valence-electron chi connectivity index (χ3n) is 4.35. The molecule has 0 aromatic heterocycles. The van der Waals surface area contributed by atoms with Gasteiger partial charge in [0.25, 0.3) is 0 Å². The van der Waals surface area contributed by atoms with Crippen molar-refractivity contribution in [2.24, 2.45) is 0 Å². The number of hydrogen-bond acceptors (Lipinski definition) is 5. The van der Waals surface area contributed by atoms with E-state index in [-0.39, 0.29) is 12.3 Å². The number of likely N-dealkylation sites (N-methyl/N-ethyl adjacent to an activating group) is 1. The van der Waals surface area contributed by atoms with Gasteiger partial charge in [-0.3, -0.25) is 4.79 Å². The third kappa shape index (κ3) is 6.49. The minimum absolute atomic E-state index is 0.0981. The highest BCUT2D eigenvalue weighted by atomic mass is 16.5. The van der Waals surface area contributed by atoms with Crippen LogP contribution in [0.5, 0.6) is 11.5 Å². The lowest BCUT2D eigenvalue weighted by atomic mass is 10.1. The average molecular weight is 371 g/mol. The van der Waals surface area contributed by atoms with E-state index in [1.807, 2.05) is 12.1 Å². The van der Waals surface area contributed by atoms with E-state index in [1.165, 1.54) is 0 Å². The van der Waals surface area contributed by atoms with Gasteiger partial charge >= 0.3 is 0 Å². The second-order valence-electron chi connectivity index (χ2n) is 6.21. The van der Waals surface area contributed by atoms with Crippen LogP contribution in [0, 0.1) is 0 Å². The van der Waals surface area contributed by atoms with Gasteiger partial charge in [-0.05, 0) is 42.9 Å². The molecule has 0 aliphatic heterocycles. The largest absolute Gasteiger partial charge is 0.493 e. The maximum Gasteiger partial charge on any atom is 0.228 e. The van der Waals surface area contributed by atoms with Crippen LogP contribution < -0.4 is 20.5 Å². The monoisotopic (exact) mass is 371 g/mol. The van der Waals surface area contributed by atoms with Crippen LogP contribution in [0.4, 0.5) is 11.4 Å². The molecule has 3 N–H and O–H groups in total. The van der Waals surface area contributed by atoms with Crippen molar-refractivity contribution < 1.29 is 14.3 Å². The molecule has 1 amide bonds. The molecule has 2 aromatic rings. The molecule has 0 aliphatic carbocycles. The average Bonchev–Trinajstić information content (AvgIpc) is 2.67. The smallest absolute Gasteiger partial charge is 0.228 e. The molecule has 0 fully saturated rings. The van der Waals surface area contributed by atoms with Crippen molar-refractivity contribution in [2.75, 3.05) is 44.4 Å². The van der Waals surface area contributed by atoms with Crippen LogP contribution in [-0.2, 0) is 11.2 Å². The number of amides is 1. The Labute approximate surface area is 161 Å². The number of nitrogens with zero attached hydrogens (tertiary/aromatic N) is 1. The first-order valence-corrected chi connectivity index (χ1v) is 9.23. The number of rotatable bonds is 10. The fraction of sp³-hybridized carbons (Fsp3) is 0.381. The van der Waals surface area contributed by atoms with Gasteiger partial charge in [0.2, 0.25) is 5.91 Å². The molecule has 27 heavy (non-hydrogen) atoms. The number of carbonyl (C=O) groups excluding carboxylic acids is 1. The van der Waals surface area contributed by atoms with Gasteiger partial charge in [-0.15, -0.1) is 0 Å². The molecule has 0 radical (unpaired) electrons. The highest BCUT2D eigenvalue weighted by Gasteiger charge is 2.10. The summed E-state index contributed by atoms with van der Waals surface area (Å²) < 4.78 is 11.2. The summed E-state index contributed by atoms with van der Waals surface area (Å²) in [4.78, 5) is 14.6. The van der Waals surface area contributed by atoms with E-state index in [4.69, 9.17) is 15.2 Å². The van der Waals surface area contributed by atoms with Crippen LogP contribution in [0.3, 0.4) is 0 Å². The predicted molar refractivity (Wildman–Crippen MR) is 109 cm³/mol. The fourth-order valence-corrected chi connectivity index (χ4v) is 2.72. The molecule has 0 saturated heterocycles. The van der Waals surface area contributed by atoms with Crippen LogP contribution >= 0.6 is 0 Å². The molecule has 6 heteroatoms. The molecule has 0 saturated carbocycles. The Balaban J connectivity index is 1.98. The predicted octanol–water partition coefficient (Wildman–Crippen LogP) is 3.18. The zero-order chi connectivity index (χ0) is 19.6. The number of hydrogen-bond donors (Lipinski definition) is 2. The second kappa shape index (κ2) is 10.4. The number of carbonyl (C=O) groups is 1. The Hall–Kier alpha value is -2.73. The number of methoxy groups -OCH3 is 1. The summed E-state index contributed by atoms with van der Waals surface area (Å²) >= 11 is 0. The van der Waals surface area contributed by atoms with E-state index in [0.717, 1.165) is 25.2 Å². The highest BCUT2D eigenvalue weighted by Crippen LogP contribution is 2.30. The normalized spacial score (nSPS) is 10.7. The molecule has 0 heterocycles. The summed E-state index contributed by atoms with van der Waals surface area (Å²) in [5.74, 6) is 1.17. The molecule has 146 valence electrons. The van der Waals surface area contributed by atoms with Crippen LogP contribution in [-0.4, -0.2) is 44.2 Å². The summed E-state index contributed by atoms with van der Waals surface area (Å²) in [7, 11) is 1.60. The standard InChI is InChI=1S/C21H29N3O3/c1-4-24(5-2)12-13-27-20-15-18(10-11-19(20)26-3)23-21(25)14-16-6-8-17(22)9-7-16/h6-11,15H,4-5,12-14,22H2,1-3H3,(H,23,25). The Morgan fingerprint density at radius 1 is 1.07 bits per heavy atom. The first-order chi connectivity index (χ1) is 13.0.